The summed E-state index contributed by atoms with van der Waals surface area (Å²) in [6.45, 7) is 0.413. The number of benzene rings is 1. The maximum Gasteiger partial charge on any atom is 0.220 e. The summed E-state index contributed by atoms with van der Waals surface area (Å²) in [6, 6.07) is 7.54. The van der Waals surface area contributed by atoms with E-state index in [1.807, 2.05) is 24.3 Å². The average molecular weight is 337 g/mol. The van der Waals surface area contributed by atoms with Gasteiger partial charge in [-0.2, -0.15) is 15.0 Å². The summed E-state index contributed by atoms with van der Waals surface area (Å²) < 4.78 is 0. The quantitative estimate of drug-likeness (QED) is 0.763. The maximum absolute atomic E-state index is 11.9. The third kappa shape index (κ3) is 5.65. The van der Waals surface area contributed by atoms with Crippen LogP contribution in [0.4, 0.5) is 0 Å². The SMILES string of the molecule is Cn1ncc(CCC(=O)NC[C@@H](CO)Cc2ccccc2Cl)n1. The summed E-state index contributed by atoms with van der Waals surface area (Å²) >= 11 is 6.12. The van der Waals surface area contributed by atoms with Crippen LogP contribution in [0.3, 0.4) is 0 Å². The van der Waals surface area contributed by atoms with Crippen LogP contribution in [0.2, 0.25) is 5.02 Å². The van der Waals surface area contributed by atoms with Gasteiger partial charge in [0.15, 0.2) is 0 Å². The first-order valence-electron chi connectivity index (χ1n) is 7.54. The van der Waals surface area contributed by atoms with E-state index in [2.05, 4.69) is 15.5 Å². The zero-order valence-corrected chi connectivity index (χ0v) is 13.8. The summed E-state index contributed by atoms with van der Waals surface area (Å²) in [7, 11) is 1.74. The fraction of sp³-hybridized carbons (Fsp3) is 0.438. The Bertz CT molecular complexity index is 645. The zero-order valence-electron chi connectivity index (χ0n) is 13.1. The van der Waals surface area contributed by atoms with Gasteiger partial charge in [0.05, 0.1) is 11.9 Å². The van der Waals surface area contributed by atoms with E-state index in [1.54, 1.807) is 13.2 Å². The summed E-state index contributed by atoms with van der Waals surface area (Å²) in [5.41, 5.74) is 1.76. The number of amides is 1. The van der Waals surface area contributed by atoms with Crippen molar-refractivity contribution in [2.75, 3.05) is 13.2 Å². The van der Waals surface area contributed by atoms with Crippen LogP contribution in [0.5, 0.6) is 0 Å². The molecule has 2 aromatic rings. The van der Waals surface area contributed by atoms with Crippen LogP contribution < -0.4 is 5.32 Å². The van der Waals surface area contributed by atoms with E-state index in [4.69, 9.17) is 11.6 Å². The molecule has 0 aliphatic heterocycles. The van der Waals surface area contributed by atoms with Crippen molar-refractivity contribution in [1.29, 1.82) is 0 Å². The van der Waals surface area contributed by atoms with Gasteiger partial charge in [0.25, 0.3) is 0 Å². The van der Waals surface area contributed by atoms with Crippen LogP contribution in [-0.2, 0) is 24.7 Å². The van der Waals surface area contributed by atoms with Crippen LogP contribution in [0.15, 0.2) is 30.5 Å². The van der Waals surface area contributed by atoms with Crippen LogP contribution in [0, 0.1) is 5.92 Å². The molecule has 23 heavy (non-hydrogen) atoms. The van der Waals surface area contributed by atoms with Crippen LogP contribution in [0.25, 0.3) is 0 Å². The molecule has 1 aromatic heterocycles. The first kappa shape index (κ1) is 17.4. The highest BCUT2D eigenvalue weighted by Gasteiger charge is 2.12. The van der Waals surface area contributed by atoms with E-state index in [0.717, 1.165) is 11.3 Å². The van der Waals surface area contributed by atoms with E-state index < -0.39 is 0 Å². The maximum atomic E-state index is 11.9. The van der Waals surface area contributed by atoms with E-state index in [1.165, 1.54) is 4.80 Å². The number of rotatable bonds is 8. The Morgan fingerprint density at radius 3 is 2.87 bits per heavy atom. The van der Waals surface area contributed by atoms with Gasteiger partial charge in [-0.1, -0.05) is 29.8 Å². The molecule has 0 aliphatic rings. The number of aliphatic hydroxyl groups excluding tert-OH is 1. The second kappa shape index (κ2) is 8.64. The Morgan fingerprint density at radius 2 is 2.22 bits per heavy atom. The number of aromatic nitrogens is 3. The van der Waals surface area contributed by atoms with E-state index in [9.17, 15) is 9.90 Å². The van der Waals surface area contributed by atoms with E-state index in [0.29, 0.717) is 30.8 Å². The molecule has 0 bridgehead atoms. The van der Waals surface area contributed by atoms with Crippen molar-refractivity contribution in [1.82, 2.24) is 20.3 Å². The minimum Gasteiger partial charge on any atom is -0.396 e. The minimum absolute atomic E-state index is 0.00430. The molecule has 0 saturated heterocycles. The molecule has 6 nitrogen and oxygen atoms in total. The molecule has 1 aromatic carbocycles. The highest BCUT2D eigenvalue weighted by Crippen LogP contribution is 2.18. The van der Waals surface area contributed by atoms with Crippen LogP contribution >= 0.6 is 11.6 Å². The predicted molar refractivity (Wildman–Crippen MR) is 88.1 cm³/mol. The fourth-order valence-electron chi connectivity index (χ4n) is 2.27. The summed E-state index contributed by atoms with van der Waals surface area (Å²) in [5.74, 6) is -0.122. The standard InChI is InChI=1S/C16H21ClN4O2/c1-21-19-10-14(20-21)6-7-16(23)18-9-12(11-22)8-13-4-2-3-5-15(13)17/h2-5,10,12,22H,6-9,11H2,1H3,(H,18,23)/t12-/m0/s1. The molecule has 0 saturated carbocycles. The second-order valence-electron chi connectivity index (χ2n) is 5.47. The lowest BCUT2D eigenvalue weighted by atomic mass is 10.00. The molecule has 2 rings (SSSR count). The van der Waals surface area contributed by atoms with Gasteiger partial charge in [0.1, 0.15) is 0 Å². The Balaban J connectivity index is 1.76. The van der Waals surface area contributed by atoms with Crippen molar-refractivity contribution in [2.45, 2.75) is 19.3 Å². The Kier molecular flexibility index (Phi) is 6.55. The zero-order chi connectivity index (χ0) is 16.7. The van der Waals surface area contributed by atoms with Crippen molar-refractivity contribution in [3.05, 3.63) is 46.7 Å². The summed E-state index contributed by atoms with van der Waals surface area (Å²) in [6.07, 6.45) is 3.18. The number of nitrogens with zero attached hydrogens (tertiary/aromatic N) is 3. The molecule has 0 radical (unpaired) electrons. The lowest BCUT2D eigenvalue weighted by molar-refractivity contribution is -0.121. The number of aliphatic hydroxyl groups is 1. The van der Waals surface area contributed by atoms with Crippen molar-refractivity contribution in [2.24, 2.45) is 13.0 Å². The molecular weight excluding hydrogens is 316 g/mol. The van der Waals surface area contributed by atoms with Gasteiger partial charge < -0.3 is 10.4 Å². The molecule has 1 amide bonds. The molecule has 1 atom stereocenters. The first-order chi connectivity index (χ1) is 11.1. The third-order valence-corrected chi connectivity index (χ3v) is 3.94. The minimum atomic E-state index is -0.0618. The number of carbonyl (C=O) groups is 1. The van der Waals surface area contributed by atoms with Gasteiger partial charge in [-0.25, -0.2) is 0 Å². The van der Waals surface area contributed by atoms with E-state index >= 15 is 0 Å². The van der Waals surface area contributed by atoms with Gasteiger partial charge >= 0.3 is 0 Å². The lowest BCUT2D eigenvalue weighted by Gasteiger charge is -2.16. The number of aryl methyl sites for hydroxylation is 2. The van der Waals surface area contributed by atoms with E-state index in [-0.39, 0.29) is 18.4 Å². The number of halogens is 1. The Morgan fingerprint density at radius 1 is 1.43 bits per heavy atom. The van der Waals surface area contributed by atoms with Crippen molar-refractivity contribution in [3.8, 4) is 0 Å². The normalized spacial score (nSPS) is 12.1. The predicted octanol–water partition coefficient (Wildman–Crippen LogP) is 1.37. The summed E-state index contributed by atoms with van der Waals surface area (Å²) in [4.78, 5) is 13.4. The topological polar surface area (TPSA) is 80.0 Å². The number of nitrogens with one attached hydrogen (secondary N) is 1. The highest BCUT2D eigenvalue weighted by molar-refractivity contribution is 6.31. The van der Waals surface area contributed by atoms with Gasteiger partial charge in [-0.05, 0) is 18.1 Å². The summed E-state index contributed by atoms with van der Waals surface area (Å²) in [5, 5.41) is 21.1. The Hall–Kier alpha value is -1.92. The smallest absolute Gasteiger partial charge is 0.220 e. The molecule has 0 aliphatic carbocycles. The van der Waals surface area contributed by atoms with Gasteiger partial charge in [0.2, 0.25) is 5.91 Å². The molecule has 0 fully saturated rings. The fourth-order valence-corrected chi connectivity index (χ4v) is 2.48. The number of hydrogen-bond acceptors (Lipinski definition) is 4. The molecule has 0 unspecified atom stereocenters. The largest absolute Gasteiger partial charge is 0.396 e. The van der Waals surface area contributed by atoms with Crippen molar-refractivity contribution >= 4 is 17.5 Å². The van der Waals surface area contributed by atoms with Gasteiger partial charge in [-0.15, -0.1) is 0 Å². The average Bonchev–Trinajstić information content (AvgIpc) is 2.96. The van der Waals surface area contributed by atoms with Gasteiger partial charge in [-0.3, -0.25) is 4.79 Å². The number of hydrogen-bond donors (Lipinski definition) is 2. The Labute approximate surface area is 140 Å². The number of carbonyl (C=O) groups excluding carboxylic acids is 1. The second-order valence-corrected chi connectivity index (χ2v) is 5.88. The van der Waals surface area contributed by atoms with Crippen LogP contribution in [-0.4, -0.2) is 39.2 Å². The monoisotopic (exact) mass is 336 g/mol. The van der Waals surface area contributed by atoms with Crippen LogP contribution in [0.1, 0.15) is 17.7 Å². The molecule has 0 spiro atoms. The van der Waals surface area contributed by atoms with Crippen molar-refractivity contribution < 1.29 is 9.90 Å². The molecule has 2 N–H and O–H groups in total. The highest BCUT2D eigenvalue weighted by atomic mass is 35.5. The van der Waals surface area contributed by atoms with Crippen molar-refractivity contribution in [3.63, 3.8) is 0 Å². The molecule has 124 valence electrons. The lowest BCUT2D eigenvalue weighted by Crippen LogP contribution is -2.32. The first-order valence-corrected chi connectivity index (χ1v) is 7.92. The molecule has 1 heterocycles. The molecule has 7 heteroatoms. The third-order valence-electron chi connectivity index (χ3n) is 3.57. The molecular formula is C16H21ClN4O2. The van der Waals surface area contributed by atoms with Gasteiger partial charge in [0, 0.05) is 44.0 Å².